The van der Waals surface area contributed by atoms with Crippen LogP contribution in [0.1, 0.15) is 10.4 Å². The Kier molecular flexibility index (Phi) is 5.79. The second-order valence-electron chi connectivity index (χ2n) is 5.62. The van der Waals surface area contributed by atoms with Crippen molar-refractivity contribution >= 4 is 33.5 Å². The van der Waals surface area contributed by atoms with E-state index in [-0.39, 0.29) is 27.9 Å². The maximum absolute atomic E-state index is 12.4. The third-order valence-corrected chi connectivity index (χ3v) is 5.02. The second-order valence-corrected chi connectivity index (χ2v) is 7.30. The first-order valence-electron chi connectivity index (χ1n) is 8.12. The lowest BCUT2D eigenvalue weighted by atomic mass is 10.2. The van der Waals surface area contributed by atoms with Crippen molar-refractivity contribution in [3.8, 4) is 11.6 Å². The fraction of sp³-hybridized carbons (Fsp3) is 0.0556. The first-order chi connectivity index (χ1) is 13.9. The monoisotopic (exact) mass is 413 g/mol. The van der Waals surface area contributed by atoms with Crippen LogP contribution in [-0.2, 0) is 10.0 Å². The van der Waals surface area contributed by atoms with Crippen LogP contribution in [0.3, 0.4) is 0 Å². The molecule has 0 unspecified atom stereocenters. The van der Waals surface area contributed by atoms with Crippen LogP contribution in [0, 0.1) is 0 Å². The smallest absolute Gasteiger partial charge is 0.263 e. The molecule has 0 aliphatic rings. The molecule has 0 saturated heterocycles. The standard InChI is InChI=1S/C18H15N5O5S/c1-28-18-9-8-17(21-22-18)23-29(26,27)15-5-2-13(3-6-15)19-20-14-4-7-16(25)12(10-14)11-24/h2-11,25H,1H3,(H,21,23). The number of aromatic nitrogens is 2. The number of phenols is 1. The van der Waals surface area contributed by atoms with Crippen molar-refractivity contribution in [1.29, 1.82) is 0 Å². The minimum Gasteiger partial charge on any atom is -0.507 e. The number of rotatable bonds is 7. The maximum Gasteiger partial charge on any atom is 0.263 e. The highest BCUT2D eigenvalue weighted by Gasteiger charge is 2.15. The highest BCUT2D eigenvalue weighted by atomic mass is 32.2. The Morgan fingerprint density at radius 3 is 2.31 bits per heavy atom. The Balaban J connectivity index is 1.73. The number of carbonyl (C=O) groups excluding carboxylic acids is 1. The predicted octanol–water partition coefficient (Wildman–Crippen LogP) is 3.22. The molecule has 1 heterocycles. The number of nitrogens with zero attached hydrogens (tertiary/aromatic N) is 4. The maximum atomic E-state index is 12.4. The molecule has 29 heavy (non-hydrogen) atoms. The molecule has 2 N–H and O–H groups in total. The van der Waals surface area contributed by atoms with Crippen molar-refractivity contribution in [1.82, 2.24) is 10.2 Å². The Hall–Kier alpha value is -3.86. The summed E-state index contributed by atoms with van der Waals surface area (Å²) in [6.07, 6.45) is 0.508. The van der Waals surface area contributed by atoms with E-state index in [1.54, 1.807) is 0 Å². The highest BCUT2D eigenvalue weighted by molar-refractivity contribution is 7.92. The van der Waals surface area contributed by atoms with E-state index in [0.717, 1.165) is 0 Å². The fourth-order valence-corrected chi connectivity index (χ4v) is 3.18. The molecule has 0 bridgehead atoms. The molecule has 3 aromatic rings. The summed E-state index contributed by atoms with van der Waals surface area (Å²) in [6.45, 7) is 0. The molecule has 0 fully saturated rings. The first kappa shape index (κ1) is 19.9. The molecule has 2 aromatic carbocycles. The number of hydrogen-bond donors (Lipinski definition) is 2. The average molecular weight is 413 g/mol. The molecule has 0 spiro atoms. The van der Waals surface area contributed by atoms with Crippen molar-refractivity contribution in [2.75, 3.05) is 11.8 Å². The number of azo groups is 1. The van der Waals surface area contributed by atoms with E-state index >= 15 is 0 Å². The topological polar surface area (TPSA) is 143 Å². The van der Waals surface area contributed by atoms with Crippen molar-refractivity contribution in [3.63, 3.8) is 0 Å². The Bertz CT molecular complexity index is 1150. The summed E-state index contributed by atoms with van der Waals surface area (Å²) >= 11 is 0. The lowest BCUT2D eigenvalue weighted by Crippen LogP contribution is -2.14. The lowest BCUT2D eigenvalue weighted by molar-refractivity contribution is 0.112. The zero-order chi connectivity index (χ0) is 20.9. The Morgan fingerprint density at radius 2 is 1.69 bits per heavy atom. The van der Waals surface area contributed by atoms with E-state index < -0.39 is 10.0 Å². The lowest BCUT2D eigenvalue weighted by Gasteiger charge is -2.07. The summed E-state index contributed by atoms with van der Waals surface area (Å²) in [5.41, 5.74) is 0.853. The van der Waals surface area contributed by atoms with E-state index in [1.807, 2.05) is 0 Å². The van der Waals surface area contributed by atoms with E-state index in [2.05, 4.69) is 25.1 Å². The summed E-state index contributed by atoms with van der Waals surface area (Å²) in [4.78, 5) is 10.8. The number of aldehydes is 1. The molecule has 10 nitrogen and oxygen atoms in total. The molecule has 0 amide bonds. The number of anilines is 1. The molecule has 148 valence electrons. The molecular formula is C18H15N5O5S. The number of aromatic hydroxyl groups is 1. The van der Waals surface area contributed by atoms with Gasteiger partial charge in [-0.05, 0) is 48.5 Å². The third kappa shape index (κ3) is 4.90. The molecule has 1 aromatic heterocycles. The molecule has 0 radical (unpaired) electrons. The van der Waals surface area contributed by atoms with E-state index in [9.17, 15) is 18.3 Å². The van der Waals surface area contributed by atoms with Crippen molar-refractivity contribution in [3.05, 3.63) is 60.2 Å². The molecule has 0 aliphatic heterocycles. The minimum atomic E-state index is -3.86. The van der Waals surface area contributed by atoms with Gasteiger partial charge < -0.3 is 9.84 Å². The van der Waals surface area contributed by atoms with Gasteiger partial charge in [0.2, 0.25) is 5.88 Å². The van der Waals surface area contributed by atoms with Crippen LogP contribution in [0.4, 0.5) is 17.2 Å². The molecule has 0 atom stereocenters. The molecular weight excluding hydrogens is 398 g/mol. The fourth-order valence-electron chi connectivity index (χ4n) is 2.19. The Morgan fingerprint density at radius 1 is 1.00 bits per heavy atom. The largest absolute Gasteiger partial charge is 0.507 e. The summed E-state index contributed by atoms with van der Waals surface area (Å²) in [6, 6.07) is 12.8. The predicted molar refractivity (Wildman–Crippen MR) is 104 cm³/mol. The SMILES string of the molecule is COc1ccc(NS(=O)(=O)c2ccc(N=Nc3ccc(O)c(C=O)c3)cc2)nn1. The number of sulfonamides is 1. The number of ether oxygens (including phenoxy) is 1. The number of benzene rings is 2. The van der Waals surface area contributed by atoms with Gasteiger partial charge in [-0.3, -0.25) is 9.52 Å². The van der Waals surface area contributed by atoms with Gasteiger partial charge in [0.15, 0.2) is 12.1 Å². The third-order valence-electron chi connectivity index (χ3n) is 3.65. The van der Waals surface area contributed by atoms with Crippen molar-refractivity contribution in [2.24, 2.45) is 10.2 Å². The van der Waals surface area contributed by atoms with Crippen molar-refractivity contribution in [2.45, 2.75) is 4.90 Å². The summed E-state index contributed by atoms with van der Waals surface area (Å²) in [7, 11) is -2.44. The van der Waals surface area contributed by atoms with Crippen LogP contribution in [0.25, 0.3) is 0 Å². The van der Waals surface area contributed by atoms with Crippen LogP contribution in [-0.4, -0.2) is 37.1 Å². The van der Waals surface area contributed by atoms with Gasteiger partial charge >= 0.3 is 0 Å². The first-order valence-corrected chi connectivity index (χ1v) is 9.60. The molecule has 0 aliphatic carbocycles. The van der Waals surface area contributed by atoms with Crippen LogP contribution >= 0.6 is 0 Å². The Labute approximate surface area is 166 Å². The molecule has 0 saturated carbocycles. The number of hydrogen-bond acceptors (Lipinski definition) is 9. The minimum absolute atomic E-state index is 0.00180. The van der Waals surface area contributed by atoms with Gasteiger partial charge in [-0.1, -0.05) is 0 Å². The van der Waals surface area contributed by atoms with E-state index in [4.69, 9.17) is 4.74 Å². The zero-order valence-electron chi connectivity index (χ0n) is 15.1. The summed E-state index contributed by atoms with van der Waals surface area (Å²) < 4.78 is 32.0. The van der Waals surface area contributed by atoms with Gasteiger partial charge in [-0.15, -0.1) is 10.2 Å². The van der Waals surface area contributed by atoms with Gasteiger partial charge in [0.25, 0.3) is 10.0 Å². The quantitative estimate of drug-likeness (QED) is 0.447. The highest BCUT2D eigenvalue weighted by Crippen LogP contribution is 2.25. The second kappa shape index (κ2) is 8.44. The normalized spacial score (nSPS) is 11.3. The van der Waals surface area contributed by atoms with Gasteiger partial charge in [0, 0.05) is 6.07 Å². The number of carbonyl (C=O) groups is 1. The van der Waals surface area contributed by atoms with Crippen molar-refractivity contribution < 1.29 is 23.1 Å². The van der Waals surface area contributed by atoms with Crippen LogP contribution in [0.5, 0.6) is 11.6 Å². The van der Waals surface area contributed by atoms with Crippen LogP contribution in [0.15, 0.2) is 69.7 Å². The van der Waals surface area contributed by atoms with Gasteiger partial charge in [-0.25, -0.2) is 8.42 Å². The zero-order valence-corrected chi connectivity index (χ0v) is 15.9. The number of phenolic OH excluding ortho intramolecular Hbond substituents is 1. The average Bonchev–Trinajstić information content (AvgIpc) is 2.73. The van der Waals surface area contributed by atoms with Gasteiger partial charge in [0.05, 0.1) is 28.9 Å². The summed E-state index contributed by atoms with van der Waals surface area (Å²) in [5.74, 6) is 0.159. The van der Waals surface area contributed by atoms with Gasteiger partial charge in [0.1, 0.15) is 5.75 Å². The number of methoxy groups -OCH3 is 1. The number of nitrogens with one attached hydrogen (secondary N) is 1. The van der Waals surface area contributed by atoms with Crippen LogP contribution in [0.2, 0.25) is 0 Å². The van der Waals surface area contributed by atoms with E-state index in [0.29, 0.717) is 17.7 Å². The van der Waals surface area contributed by atoms with Gasteiger partial charge in [-0.2, -0.15) is 10.2 Å². The van der Waals surface area contributed by atoms with E-state index in [1.165, 1.54) is 61.7 Å². The van der Waals surface area contributed by atoms with Crippen LogP contribution < -0.4 is 9.46 Å². The molecule has 3 rings (SSSR count). The molecule has 11 heteroatoms. The summed E-state index contributed by atoms with van der Waals surface area (Å²) in [5, 5.41) is 24.8.